The maximum atomic E-state index is 12.1. The van der Waals surface area contributed by atoms with Gasteiger partial charge in [0.05, 0.1) is 0 Å². The highest BCUT2D eigenvalue weighted by atomic mass is 16.2. The first-order valence-corrected chi connectivity index (χ1v) is 7.00. The van der Waals surface area contributed by atoms with Crippen LogP contribution in [0.3, 0.4) is 0 Å². The third kappa shape index (κ3) is 2.61. The van der Waals surface area contributed by atoms with E-state index in [1.54, 1.807) is 17.7 Å². The van der Waals surface area contributed by atoms with Crippen LogP contribution in [0.1, 0.15) is 34.8 Å². The summed E-state index contributed by atoms with van der Waals surface area (Å²) < 4.78 is 3.05. The first-order chi connectivity index (χ1) is 10.0. The molecule has 21 heavy (non-hydrogen) atoms. The average Bonchev–Trinajstić information content (AvgIpc) is 2.92. The van der Waals surface area contributed by atoms with Gasteiger partial charge in [-0.25, -0.2) is 9.48 Å². The summed E-state index contributed by atoms with van der Waals surface area (Å²) in [5.74, 6) is 0.603. The number of rotatable bonds is 2. The van der Waals surface area contributed by atoms with Crippen molar-refractivity contribution in [1.82, 2.24) is 29.9 Å². The van der Waals surface area contributed by atoms with Crippen LogP contribution in [0.4, 0.5) is 0 Å². The van der Waals surface area contributed by atoms with Gasteiger partial charge in [0, 0.05) is 31.7 Å². The number of aromatic nitrogens is 5. The highest BCUT2D eigenvalue weighted by Gasteiger charge is 2.22. The van der Waals surface area contributed by atoms with Crippen LogP contribution in [0.15, 0.2) is 10.9 Å². The van der Waals surface area contributed by atoms with Gasteiger partial charge in [0.2, 0.25) is 0 Å². The maximum absolute atomic E-state index is 12.1. The number of aromatic amines is 1. The van der Waals surface area contributed by atoms with Crippen molar-refractivity contribution in [3.63, 3.8) is 0 Å². The van der Waals surface area contributed by atoms with Gasteiger partial charge in [0.25, 0.3) is 5.91 Å². The lowest BCUT2D eigenvalue weighted by molar-refractivity contribution is 0.0927. The highest BCUT2D eigenvalue weighted by Crippen LogP contribution is 2.12. The van der Waals surface area contributed by atoms with E-state index in [1.165, 1.54) is 4.68 Å². The second kappa shape index (κ2) is 5.19. The SMILES string of the molecule is Cc1cc(C(=O)NC2CCc3nn(C)c(=O)n3CC2)n[nH]1. The summed E-state index contributed by atoms with van der Waals surface area (Å²) in [5, 5.41) is 13.9. The first-order valence-electron chi connectivity index (χ1n) is 7.00. The van der Waals surface area contributed by atoms with Crippen LogP contribution in [0.25, 0.3) is 0 Å². The lowest BCUT2D eigenvalue weighted by Gasteiger charge is -2.14. The van der Waals surface area contributed by atoms with Crippen molar-refractivity contribution in [2.24, 2.45) is 7.05 Å². The summed E-state index contributed by atoms with van der Waals surface area (Å²) in [6.45, 7) is 2.43. The van der Waals surface area contributed by atoms with Gasteiger partial charge in [-0.05, 0) is 25.8 Å². The van der Waals surface area contributed by atoms with Crippen molar-refractivity contribution in [2.45, 2.75) is 38.8 Å². The van der Waals surface area contributed by atoms with Gasteiger partial charge in [0.1, 0.15) is 11.5 Å². The third-order valence-electron chi connectivity index (χ3n) is 3.78. The van der Waals surface area contributed by atoms with Crippen LogP contribution in [-0.2, 0) is 20.0 Å². The maximum Gasteiger partial charge on any atom is 0.345 e. The first kappa shape index (κ1) is 13.6. The molecular formula is C13H18N6O2. The Balaban J connectivity index is 1.67. The molecule has 1 atom stereocenters. The number of hydrogen-bond acceptors (Lipinski definition) is 4. The molecule has 0 spiro atoms. The molecule has 1 unspecified atom stereocenters. The number of aryl methyl sites for hydroxylation is 3. The molecule has 0 saturated heterocycles. The number of carbonyl (C=O) groups is 1. The third-order valence-corrected chi connectivity index (χ3v) is 3.78. The molecule has 0 bridgehead atoms. The molecule has 3 rings (SSSR count). The zero-order valence-corrected chi connectivity index (χ0v) is 12.1. The van der Waals surface area contributed by atoms with E-state index in [0.29, 0.717) is 25.1 Å². The topological polar surface area (TPSA) is 97.6 Å². The fourth-order valence-electron chi connectivity index (χ4n) is 2.64. The van der Waals surface area contributed by atoms with Crippen molar-refractivity contribution in [3.05, 3.63) is 33.8 Å². The average molecular weight is 290 g/mol. The molecule has 1 aliphatic heterocycles. The standard InChI is InChI=1S/C13H18N6O2/c1-8-7-10(16-15-8)12(20)14-9-3-4-11-17-18(2)13(21)19(11)6-5-9/h7,9H,3-6H2,1-2H3,(H,14,20)(H,15,16). The molecule has 8 heteroatoms. The van der Waals surface area contributed by atoms with Crippen molar-refractivity contribution < 1.29 is 4.79 Å². The summed E-state index contributed by atoms with van der Waals surface area (Å²) in [7, 11) is 1.66. The number of amides is 1. The number of carbonyl (C=O) groups excluding carboxylic acids is 1. The van der Waals surface area contributed by atoms with Crippen LogP contribution in [0.2, 0.25) is 0 Å². The van der Waals surface area contributed by atoms with E-state index < -0.39 is 0 Å². The fourth-order valence-corrected chi connectivity index (χ4v) is 2.64. The molecule has 8 nitrogen and oxygen atoms in total. The second-order valence-corrected chi connectivity index (χ2v) is 5.41. The molecule has 2 aromatic heterocycles. The summed E-state index contributed by atoms with van der Waals surface area (Å²) in [6.07, 6.45) is 2.17. The number of fused-ring (bicyclic) bond motifs is 1. The highest BCUT2D eigenvalue weighted by molar-refractivity contribution is 5.92. The van der Waals surface area contributed by atoms with Gasteiger partial charge in [-0.2, -0.15) is 10.2 Å². The molecule has 2 N–H and O–H groups in total. The Hall–Kier alpha value is -2.38. The Morgan fingerprint density at radius 3 is 3.00 bits per heavy atom. The summed E-state index contributed by atoms with van der Waals surface area (Å²) in [5.41, 5.74) is 1.15. The molecule has 0 saturated carbocycles. The molecular weight excluding hydrogens is 272 g/mol. The van der Waals surface area contributed by atoms with E-state index >= 15 is 0 Å². The van der Waals surface area contributed by atoms with E-state index in [1.807, 2.05) is 6.92 Å². The summed E-state index contributed by atoms with van der Waals surface area (Å²) in [6, 6.07) is 1.74. The molecule has 0 radical (unpaired) electrons. The summed E-state index contributed by atoms with van der Waals surface area (Å²) >= 11 is 0. The second-order valence-electron chi connectivity index (χ2n) is 5.41. The zero-order valence-electron chi connectivity index (χ0n) is 12.1. The van der Waals surface area contributed by atoms with E-state index in [2.05, 4.69) is 20.6 Å². The Kier molecular flexibility index (Phi) is 3.36. The van der Waals surface area contributed by atoms with Gasteiger partial charge < -0.3 is 5.32 Å². The number of nitrogens with one attached hydrogen (secondary N) is 2. The molecule has 1 aliphatic rings. The van der Waals surface area contributed by atoms with Crippen LogP contribution in [0, 0.1) is 6.92 Å². The lowest BCUT2D eigenvalue weighted by atomic mass is 10.1. The Labute approximate surface area is 121 Å². The fraction of sp³-hybridized carbons (Fsp3) is 0.538. The number of nitrogens with zero attached hydrogens (tertiary/aromatic N) is 4. The normalized spacial score (nSPS) is 18.1. The van der Waals surface area contributed by atoms with Crippen LogP contribution in [-0.4, -0.2) is 36.5 Å². The number of hydrogen-bond donors (Lipinski definition) is 2. The monoisotopic (exact) mass is 290 g/mol. The van der Waals surface area contributed by atoms with Crippen LogP contribution in [0.5, 0.6) is 0 Å². The minimum absolute atomic E-state index is 0.0286. The molecule has 0 aromatic carbocycles. The predicted molar refractivity (Wildman–Crippen MR) is 75.0 cm³/mol. The van der Waals surface area contributed by atoms with E-state index in [4.69, 9.17) is 0 Å². The van der Waals surface area contributed by atoms with Crippen LogP contribution < -0.4 is 11.0 Å². The predicted octanol–water partition coefficient (Wildman–Crippen LogP) is -0.252. The minimum Gasteiger partial charge on any atom is -0.348 e. The molecule has 2 aromatic rings. The Morgan fingerprint density at radius 2 is 2.29 bits per heavy atom. The van der Waals surface area contributed by atoms with Gasteiger partial charge >= 0.3 is 5.69 Å². The molecule has 112 valence electrons. The van der Waals surface area contributed by atoms with E-state index in [9.17, 15) is 9.59 Å². The largest absolute Gasteiger partial charge is 0.348 e. The van der Waals surface area contributed by atoms with Crippen molar-refractivity contribution in [2.75, 3.05) is 0 Å². The van der Waals surface area contributed by atoms with E-state index in [-0.39, 0.29) is 17.6 Å². The Bertz CT molecular complexity index is 725. The van der Waals surface area contributed by atoms with Crippen LogP contribution >= 0.6 is 0 Å². The molecule has 1 amide bonds. The van der Waals surface area contributed by atoms with E-state index in [0.717, 1.165) is 17.9 Å². The zero-order chi connectivity index (χ0) is 15.0. The molecule has 3 heterocycles. The molecule has 0 fully saturated rings. The van der Waals surface area contributed by atoms with Crippen molar-refractivity contribution in [1.29, 1.82) is 0 Å². The van der Waals surface area contributed by atoms with Gasteiger partial charge in [0.15, 0.2) is 0 Å². The minimum atomic E-state index is -0.184. The molecule has 0 aliphatic carbocycles. The van der Waals surface area contributed by atoms with Gasteiger partial charge in [-0.3, -0.25) is 14.5 Å². The summed E-state index contributed by atoms with van der Waals surface area (Å²) in [4.78, 5) is 24.0. The van der Waals surface area contributed by atoms with Crippen molar-refractivity contribution >= 4 is 5.91 Å². The quantitative estimate of drug-likeness (QED) is 0.796. The lowest BCUT2D eigenvalue weighted by Crippen LogP contribution is -2.36. The number of H-pyrrole nitrogens is 1. The van der Waals surface area contributed by atoms with Gasteiger partial charge in [-0.1, -0.05) is 0 Å². The van der Waals surface area contributed by atoms with Crippen molar-refractivity contribution in [3.8, 4) is 0 Å². The Morgan fingerprint density at radius 1 is 1.48 bits per heavy atom. The smallest absolute Gasteiger partial charge is 0.345 e. The van der Waals surface area contributed by atoms with Gasteiger partial charge in [-0.15, -0.1) is 0 Å².